The van der Waals surface area contributed by atoms with Gasteiger partial charge in [0, 0.05) is 6.20 Å². The third-order valence-corrected chi connectivity index (χ3v) is 3.05. The van der Waals surface area contributed by atoms with Crippen molar-refractivity contribution >= 4 is 37.9 Å². The molecule has 0 aliphatic rings. The zero-order valence-corrected chi connectivity index (χ0v) is 11.2. The van der Waals surface area contributed by atoms with Gasteiger partial charge in [-0.3, -0.25) is 4.72 Å². The van der Waals surface area contributed by atoms with Gasteiger partial charge in [-0.2, -0.15) is 8.42 Å². The minimum absolute atomic E-state index is 0.0813. The predicted molar refractivity (Wildman–Crippen MR) is 64.6 cm³/mol. The zero-order chi connectivity index (χ0) is 12.9. The van der Waals surface area contributed by atoms with E-state index in [2.05, 4.69) is 30.4 Å². The van der Waals surface area contributed by atoms with Crippen LogP contribution >= 0.6 is 15.9 Å². The van der Waals surface area contributed by atoms with E-state index in [1.54, 1.807) is 17.7 Å². The standard InChI is InChI=1S/C8H10BrN3O4S/c1-2-16-8(13)12-17(14,15)11-6-4-3-5-10-7(6)9/h3-5,11H,2H2,1H3,(H,12,13). The number of aromatic nitrogens is 1. The Morgan fingerprint density at radius 1 is 1.59 bits per heavy atom. The lowest BCUT2D eigenvalue weighted by Gasteiger charge is -2.09. The molecular formula is C8H10BrN3O4S. The first-order valence-electron chi connectivity index (χ1n) is 4.52. The van der Waals surface area contributed by atoms with E-state index in [1.165, 1.54) is 12.3 Å². The maximum absolute atomic E-state index is 11.5. The van der Waals surface area contributed by atoms with Crippen LogP contribution in [-0.4, -0.2) is 26.1 Å². The fraction of sp³-hybridized carbons (Fsp3) is 0.250. The quantitative estimate of drug-likeness (QED) is 0.812. The monoisotopic (exact) mass is 323 g/mol. The summed E-state index contributed by atoms with van der Waals surface area (Å²) in [6.45, 7) is 1.65. The van der Waals surface area contributed by atoms with Crippen LogP contribution in [0.3, 0.4) is 0 Å². The highest BCUT2D eigenvalue weighted by molar-refractivity contribution is 9.10. The largest absolute Gasteiger partial charge is 0.449 e. The van der Waals surface area contributed by atoms with Crippen LogP contribution in [0.15, 0.2) is 22.9 Å². The van der Waals surface area contributed by atoms with Gasteiger partial charge in [-0.05, 0) is 35.0 Å². The molecule has 2 N–H and O–H groups in total. The van der Waals surface area contributed by atoms with E-state index in [0.717, 1.165) is 0 Å². The van der Waals surface area contributed by atoms with E-state index < -0.39 is 16.3 Å². The van der Waals surface area contributed by atoms with Crippen molar-refractivity contribution in [2.45, 2.75) is 6.92 Å². The fourth-order valence-corrected chi connectivity index (χ4v) is 2.17. The number of carbonyl (C=O) groups is 1. The van der Waals surface area contributed by atoms with Crippen molar-refractivity contribution < 1.29 is 17.9 Å². The Balaban J connectivity index is 2.74. The van der Waals surface area contributed by atoms with Crippen LogP contribution in [0, 0.1) is 0 Å². The first-order valence-corrected chi connectivity index (χ1v) is 6.80. The number of nitrogens with one attached hydrogen (secondary N) is 2. The molecule has 0 aliphatic heterocycles. The minimum Gasteiger partial charge on any atom is -0.449 e. The number of hydrogen-bond donors (Lipinski definition) is 2. The Hall–Kier alpha value is -1.35. The predicted octanol–water partition coefficient (Wildman–Crippen LogP) is 1.25. The lowest BCUT2D eigenvalue weighted by atomic mass is 10.4. The molecule has 0 unspecified atom stereocenters. The molecule has 0 bridgehead atoms. The molecule has 0 spiro atoms. The fourth-order valence-electron chi connectivity index (χ4n) is 0.903. The van der Waals surface area contributed by atoms with Gasteiger partial charge in [0.1, 0.15) is 4.60 Å². The molecule has 1 aromatic rings. The molecule has 0 saturated carbocycles. The average Bonchev–Trinajstić information content (AvgIpc) is 2.20. The summed E-state index contributed by atoms with van der Waals surface area (Å²) in [6, 6.07) is 3.04. The highest BCUT2D eigenvalue weighted by Crippen LogP contribution is 2.18. The number of halogens is 1. The van der Waals surface area contributed by atoms with Gasteiger partial charge in [0.2, 0.25) is 0 Å². The van der Waals surface area contributed by atoms with Gasteiger partial charge >= 0.3 is 16.3 Å². The first kappa shape index (κ1) is 13.7. The molecule has 0 saturated heterocycles. The lowest BCUT2D eigenvalue weighted by molar-refractivity contribution is 0.159. The van der Waals surface area contributed by atoms with Crippen LogP contribution in [0.2, 0.25) is 0 Å². The number of ether oxygens (including phenoxy) is 1. The smallest absolute Gasteiger partial charge is 0.422 e. The minimum atomic E-state index is -4.02. The summed E-state index contributed by atoms with van der Waals surface area (Å²) in [7, 11) is -4.02. The van der Waals surface area contributed by atoms with E-state index in [1.807, 2.05) is 0 Å². The maximum atomic E-state index is 11.5. The Morgan fingerprint density at radius 3 is 2.88 bits per heavy atom. The Kier molecular flexibility index (Phi) is 4.70. The van der Waals surface area contributed by atoms with Gasteiger partial charge in [0.05, 0.1) is 12.3 Å². The van der Waals surface area contributed by atoms with Crippen molar-refractivity contribution in [1.82, 2.24) is 9.71 Å². The highest BCUT2D eigenvalue weighted by atomic mass is 79.9. The second-order valence-corrected chi connectivity index (χ2v) is 4.94. The summed E-state index contributed by atoms with van der Waals surface area (Å²) in [5.41, 5.74) is 0.212. The molecule has 0 radical (unpaired) electrons. The van der Waals surface area contributed by atoms with Crippen LogP contribution in [0.5, 0.6) is 0 Å². The number of pyridine rings is 1. The first-order chi connectivity index (χ1) is 7.94. The van der Waals surface area contributed by atoms with E-state index in [9.17, 15) is 13.2 Å². The molecular weight excluding hydrogens is 314 g/mol. The second kappa shape index (κ2) is 5.82. The lowest BCUT2D eigenvalue weighted by Crippen LogP contribution is -2.35. The summed E-state index contributed by atoms with van der Waals surface area (Å²) >= 11 is 3.06. The van der Waals surface area contributed by atoms with Crippen molar-refractivity contribution in [2.75, 3.05) is 11.3 Å². The number of amides is 1. The van der Waals surface area contributed by atoms with Gasteiger partial charge in [-0.1, -0.05) is 0 Å². The zero-order valence-electron chi connectivity index (χ0n) is 8.81. The van der Waals surface area contributed by atoms with Crippen LogP contribution in [0.1, 0.15) is 6.92 Å². The molecule has 1 aromatic heterocycles. The molecule has 17 heavy (non-hydrogen) atoms. The summed E-state index contributed by atoms with van der Waals surface area (Å²) in [5, 5.41) is 0. The SMILES string of the molecule is CCOC(=O)NS(=O)(=O)Nc1cccnc1Br. The average molecular weight is 324 g/mol. The number of hydrogen-bond acceptors (Lipinski definition) is 5. The third kappa shape index (κ3) is 4.57. The maximum Gasteiger partial charge on any atom is 0.422 e. The summed E-state index contributed by atoms with van der Waals surface area (Å²) in [5.74, 6) is 0. The molecule has 94 valence electrons. The van der Waals surface area contributed by atoms with Crippen molar-refractivity contribution in [3.63, 3.8) is 0 Å². The molecule has 0 atom stereocenters. The number of carbonyl (C=O) groups excluding carboxylic acids is 1. The number of nitrogens with zero attached hydrogens (tertiary/aromatic N) is 1. The third-order valence-electron chi connectivity index (χ3n) is 1.50. The van der Waals surface area contributed by atoms with Gasteiger partial charge in [0.15, 0.2) is 0 Å². The second-order valence-electron chi connectivity index (χ2n) is 2.77. The van der Waals surface area contributed by atoms with Crippen LogP contribution < -0.4 is 9.44 Å². The Morgan fingerprint density at radius 2 is 2.29 bits per heavy atom. The molecule has 0 aliphatic carbocycles. The number of anilines is 1. The van der Waals surface area contributed by atoms with E-state index in [4.69, 9.17) is 0 Å². The Bertz CT molecular complexity index is 505. The summed E-state index contributed by atoms with van der Waals surface area (Å²) in [4.78, 5) is 14.8. The van der Waals surface area contributed by atoms with Crippen LogP contribution in [0.25, 0.3) is 0 Å². The van der Waals surface area contributed by atoms with Crippen molar-refractivity contribution in [3.8, 4) is 0 Å². The van der Waals surface area contributed by atoms with Gasteiger partial charge < -0.3 is 4.74 Å². The van der Waals surface area contributed by atoms with E-state index in [0.29, 0.717) is 4.60 Å². The number of rotatable bonds is 4. The van der Waals surface area contributed by atoms with Crippen LogP contribution in [-0.2, 0) is 14.9 Å². The van der Waals surface area contributed by atoms with Crippen molar-refractivity contribution in [3.05, 3.63) is 22.9 Å². The molecule has 9 heteroatoms. The normalized spacial score (nSPS) is 10.7. The molecule has 0 fully saturated rings. The summed E-state index contributed by atoms with van der Waals surface area (Å²) < 4.78 is 31.5. The van der Waals surface area contributed by atoms with Crippen LogP contribution in [0.4, 0.5) is 10.5 Å². The van der Waals surface area contributed by atoms with Crippen molar-refractivity contribution in [1.29, 1.82) is 0 Å². The van der Waals surface area contributed by atoms with Gasteiger partial charge in [-0.25, -0.2) is 14.5 Å². The van der Waals surface area contributed by atoms with E-state index in [-0.39, 0.29) is 12.3 Å². The Labute approximate surface area is 107 Å². The molecule has 1 heterocycles. The topological polar surface area (TPSA) is 97.4 Å². The molecule has 0 aromatic carbocycles. The molecule has 7 nitrogen and oxygen atoms in total. The van der Waals surface area contributed by atoms with E-state index >= 15 is 0 Å². The van der Waals surface area contributed by atoms with Gasteiger partial charge in [0.25, 0.3) is 0 Å². The molecule has 1 amide bonds. The van der Waals surface area contributed by atoms with Gasteiger partial charge in [-0.15, -0.1) is 0 Å². The molecule has 1 rings (SSSR count). The highest BCUT2D eigenvalue weighted by Gasteiger charge is 2.16. The van der Waals surface area contributed by atoms with Crippen molar-refractivity contribution in [2.24, 2.45) is 0 Å². The summed E-state index contributed by atoms with van der Waals surface area (Å²) in [6.07, 6.45) is 0.445.